The van der Waals surface area contributed by atoms with E-state index in [0.717, 1.165) is 0 Å². The van der Waals surface area contributed by atoms with E-state index < -0.39 is 63.6 Å². The van der Waals surface area contributed by atoms with E-state index in [4.69, 9.17) is 0 Å². The molecule has 2 saturated carbocycles. The summed E-state index contributed by atoms with van der Waals surface area (Å²) in [5.74, 6) is -3.81. The van der Waals surface area contributed by atoms with Crippen molar-refractivity contribution in [3.63, 3.8) is 0 Å². The van der Waals surface area contributed by atoms with E-state index in [0.29, 0.717) is 30.4 Å². The van der Waals surface area contributed by atoms with Gasteiger partial charge in [-0.1, -0.05) is 41.5 Å². The van der Waals surface area contributed by atoms with Crippen molar-refractivity contribution in [2.24, 2.45) is 45.3 Å². The summed E-state index contributed by atoms with van der Waals surface area (Å²) in [5, 5.41) is 43.3. The lowest BCUT2D eigenvalue weighted by Gasteiger charge is -2.62. The maximum absolute atomic E-state index is 14.1. The van der Waals surface area contributed by atoms with E-state index in [9.17, 15) is 39.6 Å². The van der Waals surface area contributed by atoms with Crippen LogP contribution in [0.3, 0.4) is 0 Å². The maximum atomic E-state index is 14.1. The molecule has 0 radical (unpaired) electrons. The minimum atomic E-state index is -1.49. The summed E-state index contributed by atoms with van der Waals surface area (Å²) in [6.45, 7) is 12.7. The summed E-state index contributed by atoms with van der Waals surface area (Å²) in [6, 6.07) is 0. The Bertz CT molecular complexity index is 1110. The molecule has 8 heteroatoms. The van der Waals surface area contributed by atoms with Gasteiger partial charge in [-0.05, 0) is 60.3 Å². The third-order valence-corrected chi connectivity index (χ3v) is 11.7. The fraction of sp³-hybridized carbons (Fsp3) is 0.800. The molecule has 0 aromatic carbocycles. The van der Waals surface area contributed by atoms with E-state index in [1.165, 1.54) is 6.92 Å². The zero-order chi connectivity index (χ0) is 28.7. The highest BCUT2D eigenvalue weighted by molar-refractivity contribution is 6.07. The highest BCUT2D eigenvalue weighted by Gasteiger charge is 2.73. The molecule has 0 aromatic heterocycles. The molecule has 0 saturated heterocycles. The molecule has 0 spiro atoms. The molecule has 4 aliphatic rings. The van der Waals surface area contributed by atoms with Crippen LogP contribution in [0.4, 0.5) is 0 Å². The monoisotopic (exact) mass is 532 g/mol. The van der Waals surface area contributed by atoms with Gasteiger partial charge in [0.2, 0.25) is 0 Å². The zero-order valence-electron chi connectivity index (χ0n) is 23.7. The van der Waals surface area contributed by atoms with Crippen LogP contribution < -0.4 is 0 Å². The molecule has 0 unspecified atom stereocenters. The Morgan fingerprint density at radius 1 is 1.00 bits per heavy atom. The molecular weight excluding hydrogens is 488 g/mol. The summed E-state index contributed by atoms with van der Waals surface area (Å²) in [5.41, 5.74) is -3.00. The molecule has 0 aromatic rings. The second-order valence-electron chi connectivity index (χ2n) is 14.0. The Kier molecular flexibility index (Phi) is 6.94. The van der Waals surface area contributed by atoms with Crippen LogP contribution in [0.2, 0.25) is 0 Å². The van der Waals surface area contributed by atoms with Gasteiger partial charge in [0, 0.05) is 30.3 Å². The van der Waals surface area contributed by atoms with Crippen molar-refractivity contribution in [3.05, 3.63) is 11.1 Å². The Morgan fingerprint density at radius 3 is 2.18 bits per heavy atom. The minimum absolute atomic E-state index is 0.0441. The number of hydrogen-bond acceptors (Lipinski definition) is 7. The summed E-state index contributed by atoms with van der Waals surface area (Å²) < 4.78 is 0. The van der Waals surface area contributed by atoms with E-state index in [1.54, 1.807) is 13.8 Å². The first-order valence-electron chi connectivity index (χ1n) is 14.0. The van der Waals surface area contributed by atoms with Gasteiger partial charge >= 0.3 is 5.97 Å². The van der Waals surface area contributed by atoms with Crippen LogP contribution in [-0.4, -0.2) is 62.1 Å². The highest BCUT2D eigenvalue weighted by atomic mass is 16.4. The summed E-state index contributed by atoms with van der Waals surface area (Å²) in [4.78, 5) is 52.0. The van der Waals surface area contributed by atoms with Crippen LogP contribution >= 0.6 is 0 Å². The number of Topliss-reactive ketones (excluding diaryl/α,β-unsaturated/α-hetero) is 3. The highest BCUT2D eigenvalue weighted by Crippen LogP contribution is 2.70. The fourth-order valence-electron chi connectivity index (χ4n) is 9.13. The first kappa shape index (κ1) is 29.1. The van der Waals surface area contributed by atoms with Crippen molar-refractivity contribution in [3.8, 4) is 0 Å². The largest absolute Gasteiger partial charge is 0.481 e. The molecule has 8 nitrogen and oxygen atoms in total. The topological polar surface area (TPSA) is 149 Å². The number of aliphatic hydroxyl groups is 3. The van der Waals surface area contributed by atoms with Crippen LogP contribution in [0.1, 0.15) is 87.0 Å². The Balaban J connectivity index is 1.79. The van der Waals surface area contributed by atoms with Crippen molar-refractivity contribution in [1.29, 1.82) is 0 Å². The summed E-state index contributed by atoms with van der Waals surface area (Å²) >= 11 is 0. The lowest BCUT2D eigenvalue weighted by molar-refractivity contribution is -0.159. The SMILES string of the molecule is C[C@H](CC(=O)C[C@H](C)[C@H]1CC(=O)[C@@]2(C)C3=C(C(=O)[C@@H](O)[C@]12C)[C@@]1(C)CC[C@H](O)C(C)(C)[C@@H]1C[C@@H]3O)C(=O)O. The van der Waals surface area contributed by atoms with Crippen molar-refractivity contribution in [1.82, 2.24) is 0 Å². The van der Waals surface area contributed by atoms with Crippen LogP contribution in [0, 0.1) is 45.3 Å². The number of carboxylic acid groups (broad SMARTS) is 1. The molecule has 212 valence electrons. The molecule has 4 N–H and O–H groups in total. The van der Waals surface area contributed by atoms with Gasteiger partial charge in [0.1, 0.15) is 17.7 Å². The molecule has 2 fully saturated rings. The smallest absolute Gasteiger partial charge is 0.306 e. The van der Waals surface area contributed by atoms with E-state index in [1.807, 2.05) is 27.7 Å². The number of ketones is 3. The van der Waals surface area contributed by atoms with Crippen molar-refractivity contribution in [2.75, 3.05) is 0 Å². The molecule has 4 rings (SSSR count). The Morgan fingerprint density at radius 2 is 1.61 bits per heavy atom. The maximum Gasteiger partial charge on any atom is 0.306 e. The van der Waals surface area contributed by atoms with Crippen molar-refractivity contribution >= 4 is 23.3 Å². The Hall–Kier alpha value is -1.90. The summed E-state index contributed by atoms with van der Waals surface area (Å²) in [6.07, 6.45) is -1.84. The second kappa shape index (κ2) is 9.07. The van der Waals surface area contributed by atoms with E-state index in [2.05, 4.69) is 0 Å². The van der Waals surface area contributed by atoms with Crippen LogP contribution in [-0.2, 0) is 19.2 Å². The predicted octanol–water partition coefficient (Wildman–Crippen LogP) is 3.10. The molecule has 0 aliphatic heterocycles. The third kappa shape index (κ3) is 3.66. The lowest BCUT2D eigenvalue weighted by Crippen LogP contribution is -2.64. The number of aliphatic carboxylic acids is 1. The minimum Gasteiger partial charge on any atom is -0.481 e. The average Bonchev–Trinajstić information content (AvgIpc) is 3.03. The standard InChI is InChI=1S/C30H44O8/c1-14(10-16(31)11-15(2)26(37)38)17-12-21(34)30(7)22-18(32)13-19-27(3,4)20(33)8-9-28(19,5)23(22)24(35)25(36)29(17,30)6/h14-15,17-20,25,32-33,36H,8-13H2,1-7H3,(H,37,38)/t14-,15+,17+,18-,19-,20-,25+,28-,29-,30-/m0/s1. The van der Waals surface area contributed by atoms with Gasteiger partial charge in [0.15, 0.2) is 5.78 Å². The third-order valence-electron chi connectivity index (χ3n) is 11.7. The second-order valence-corrected chi connectivity index (χ2v) is 14.0. The van der Waals surface area contributed by atoms with Crippen molar-refractivity contribution < 1.29 is 39.6 Å². The number of aliphatic hydroxyl groups excluding tert-OH is 3. The van der Waals surface area contributed by atoms with Crippen LogP contribution in [0.5, 0.6) is 0 Å². The van der Waals surface area contributed by atoms with Gasteiger partial charge in [-0.3, -0.25) is 19.2 Å². The quantitative estimate of drug-likeness (QED) is 0.408. The molecule has 10 atom stereocenters. The number of rotatable bonds is 6. The number of hydrogen-bond donors (Lipinski definition) is 4. The van der Waals surface area contributed by atoms with Crippen molar-refractivity contribution in [2.45, 2.75) is 105 Å². The Labute approximate surface area is 224 Å². The molecule has 0 bridgehead atoms. The van der Waals surface area contributed by atoms with Crippen LogP contribution in [0.25, 0.3) is 0 Å². The number of fused-ring (bicyclic) bond motifs is 4. The number of carbonyl (C=O) groups is 4. The number of carbonyl (C=O) groups excluding carboxylic acids is 3. The number of carboxylic acids is 1. The normalized spacial score (nSPS) is 43.7. The fourth-order valence-corrected chi connectivity index (χ4v) is 9.13. The van der Waals surface area contributed by atoms with Gasteiger partial charge in [0.25, 0.3) is 0 Å². The first-order chi connectivity index (χ1) is 17.4. The van der Waals surface area contributed by atoms with Crippen LogP contribution in [0.15, 0.2) is 11.1 Å². The average molecular weight is 533 g/mol. The predicted molar refractivity (Wildman–Crippen MR) is 139 cm³/mol. The van der Waals surface area contributed by atoms with Gasteiger partial charge in [-0.15, -0.1) is 0 Å². The lowest BCUT2D eigenvalue weighted by atomic mass is 9.42. The molecule has 0 heterocycles. The summed E-state index contributed by atoms with van der Waals surface area (Å²) in [7, 11) is 0. The molecule has 4 aliphatic carbocycles. The van der Waals surface area contributed by atoms with Gasteiger partial charge in [-0.2, -0.15) is 0 Å². The van der Waals surface area contributed by atoms with E-state index >= 15 is 0 Å². The zero-order valence-corrected chi connectivity index (χ0v) is 23.7. The molecule has 38 heavy (non-hydrogen) atoms. The van der Waals surface area contributed by atoms with Gasteiger partial charge in [0.05, 0.1) is 23.5 Å². The molecule has 0 amide bonds. The molecular formula is C30H44O8. The van der Waals surface area contributed by atoms with Gasteiger partial charge in [-0.25, -0.2) is 0 Å². The van der Waals surface area contributed by atoms with Gasteiger partial charge < -0.3 is 20.4 Å². The first-order valence-corrected chi connectivity index (χ1v) is 14.0. The van der Waals surface area contributed by atoms with E-state index in [-0.39, 0.29) is 42.7 Å².